The van der Waals surface area contributed by atoms with E-state index >= 15 is 0 Å². The molecular formula is C17H20N2O4S. The zero-order chi connectivity index (χ0) is 17.7. The van der Waals surface area contributed by atoms with Crippen molar-refractivity contribution in [2.75, 3.05) is 21.2 Å². The minimum Gasteiger partial charge on any atom is -0.496 e. The van der Waals surface area contributed by atoms with Crippen molar-refractivity contribution in [1.29, 1.82) is 0 Å². The molecule has 0 fully saturated rings. The van der Waals surface area contributed by atoms with Crippen molar-refractivity contribution in [2.45, 2.75) is 11.4 Å². The second-order valence-corrected chi connectivity index (χ2v) is 7.40. The first-order valence-electron chi connectivity index (χ1n) is 7.29. The van der Waals surface area contributed by atoms with E-state index in [1.54, 1.807) is 42.5 Å². The summed E-state index contributed by atoms with van der Waals surface area (Å²) in [5.74, 6) is 0.133. The minimum absolute atomic E-state index is 0.0973. The van der Waals surface area contributed by atoms with Crippen LogP contribution < -0.4 is 10.1 Å². The Labute approximate surface area is 142 Å². The summed E-state index contributed by atoms with van der Waals surface area (Å²) < 4.78 is 31.0. The number of carbonyl (C=O) groups is 1. The van der Waals surface area contributed by atoms with E-state index in [1.807, 2.05) is 0 Å². The van der Waals surface area contributed by atoms with E-state index in [4.69, 9.17) is 4.74 Å². The van der Waals surface area contributed by atoms with Gasteiger partial charge in [-0.25, -0.2) is 12.7 Å². The van der Waals surface area contributed by atoms with Crippen LogP contribution in [0, 0.1) is 0 Å². The predicted octanol–water partition coefficient (Wildman–Crippen LogP) is 1.88. The van der Waals surface area contributed by atoms with Gasteiger partial charge < -0.3 is 10.1 Å². The van der Waals surface area contributed by atoms with Gasteiger partial charge in [-0.1, -0.05) is 30.3 Å². The Balaban J connectivity index is 2.23. The number of benzene rings is 2. The third-order valence-electron chi connectivity index (χ3n) is 3.52. The van der Waals surface area contributed by atoms with Crippen LogP contribution in [0.2, 0.25) is 0 Å². The van der Waals surface area contributed by atoms with E-state index in [1.165, 1.54) is 27.3 Å². The van der Waals surface area contributed by atoms with Gasteiger partial charge >= 0.3 is 0 Å². The maximum atomic E-state index is 12.4. The van der Waals surface area contributed by atoms with Crippen LogP contribution >= 0.6 is 0 Å². The molecule has 0 bridgehead atoms. The number of hydrogen-bond donors (Lipinski definition) is 1. The Kier molecular flexibility index (Phi) is 5.58. The number of ether oxygens (including phenoxy) is 1. The number of rotatable bonds is 6. The standard InChI is InChI=1S/C17H20N2O4S/c1-19(2)24(21,22)16-11-7-4-8-13(16)12-18-17(20)14-9-5-6-10-15(14)23-3/h4-11H,12H2,1-3H3,(H,18,20). The number of carbonyl (C=O) groups excluding carboxylic acids is 1. The van der Waals surface area contributed by atoms with Gasteiger partial charge in [0.25, 0.3) is 5.91 Å². The molecule has 0 saturated heterocycles. The summed E-state index contributed by atoms with van der Waals surface area (Å²) in [7, 11) is 0.859. The Morgan fingerprint density at radius 3 is 2.38 bits per heavy atom. The molecule has 7 heteroatoms. The Hall–Kier alpha value is -2.38. The predicted molar refractivity (Wildman–Crippen MR) is 91.5 cm³/mol. The number of hydrogen-bond acceptors (Lipinski definition) is 4. The molecule has 0 atom stereocenters. The maximum Gasteiger partial charge on any atom is 0.255 e. The van der Waals surface area contributed by atoms with E-state index in [2.05, 4.69) is 5.32 Å². The van der Waals surface area contributed by atoms with Gasteiger partial charge in [0.2, 0.25) is 10.0 Å². The van der Waals surface area contributed by atoms with Gasteiger partial charge in [0.15, 0.2) is 0 Å². The second-order valence-electron chi connectivity index (χ2n) is 5.28. The molecule has 1 N–H and O–H groups in total. The van der Waals surface area contributed by atoms with Crippen molar-refractivity contribution >= 4 is 15.9 Å². The molecule has 6 nitrogen and oxygen atoms in total. The summed E-state index contributed by atoms with van der Waals surface area (Å²) >= 11 is 0. The van der Waals surface area contributed by atoms with Crippen LogP contribution in [-0.4, -0.2) is 39.8 Å². The van der Waals surface area contributed by atoms with Crippen LogP contribution in [0.5, 0.6) is 5.75 Å². The van der Waals surface area contributed by atoms with Crippen LogP contribution in [0.15, 0.2) is 53.4 Å². The van der Waals surface area contributed by atoms with E-state index in [-0.39, 0.29) is 17.3 Å². The van der Waals surface area contributed by atoms with Crippen molar-refractivity contribution in [1.82, 2.24) is 9.62 Å². The van der Waals surface area contributed by atoms with E-state index in [9.17, 15) is 13.2 Å². The molecule has 0 unspecified atom stereocenters. The third kappa shape index (κ3) is 3.74. The molecule has 2 aromatic carbocycles. The van der Waals surface area contributed by atoms with Crippen molar-refractivity contribution < 1.29 is 17.9 Å². The minimum atomic E-state index is -3.58. The van der Waals surface area contributed by atoms with Crippen LogP contribution in [0.4, 0.5) is 0 Å². The van der Waals surface area contributed by atoms with Crippen molar-refractivity contribution in [2.24, 2.45) is 0 Å². The highest BCUT2D eigenvalue weighted by Gasteiger charge is 2.21. The number of nitrogens with zero attached hydrogens (tertiary/aromatic N) is 1. The number of para-hydroxylation sites is 1. The molecule has 2 rings (SSSR count). The van der Waals surface area contributed by atoms with E-state index in [0.29, 0.717) is 16.9 Å². The topological polar surface area (TPSA) is 75.7 Å². The first-order chi connectivity index (χ1) is 11.4. The molecule has 0 aliphatic carbocycles. The van der Waals surface area contributed by atoms with Gasteiger partial charge in [-0.15, -0.1) is 0 Å². The van der Waals surface area contributed by atoms with Crippen LogP contribution in [-0.2, 0) is 16.6 Å². The first kappa shape index (κ1) is 18.0. The molecule has 0 aromatic heterocycles. The summed E-state index contributed by atoms with van der Waals surface area (Å²) in [6.45, 7) is 0.0973. The highest BCUT2D eigenvalue weighted by atomic mass is 32.2. The van der Waals surface area contributed by atoms with Gasteiger partial charge in [0, 0.05) is 20.6 Å². The summed E-state index contributed by atoms with van der Waals surface area (Å²) in [4.78, 5) is 12.5. The average Bonchev–Trinajstić information content (AvgIpc) is 2.59. The molecule has 0 radical (unpaired) electrons. The first-order valence-corrected chi connectivity index (χ1v) is 8.73. The highest BCUT2D eigenvalue weighted by molar-refractivity contribution is 7.89. The average molecular weight is 348 g/mol. The Morgan fingerprint density at radius 1 is 1.08 bits per heavy atom. The maximum absolute atomic E-state index is 12.4. The molecule has 0 heterocycles. The number of nitrogens with one attached hydrogen (secondary N) is 1. The van der Waals surface area contributed by atoms with Crippen molar-refractivity contribution in [3.63, 3.8) is 0 Å². The summed E-state index contributed by atoms with van der Waals surface area (Å²) in [6.07, 6.45) is 0. The smallest absolute Gasteiger partial charge is 0.255 e. The van der Waals surface area contributed by atoms with E-state index in [0.717, 1.165) is 4.31 Å². The lowest BCUT2D eigenvalue weighted by Crippen LogP contribution is -2.27. The molecule has 2 aromatic rings. The Morgan fingerprint density at radius 2 is 1.71 bits per heavy atom. The fourth-order valence-corrected chi connectivity index (χ4v) is 3.32. The molecule has 0 saturated carbocycles. The molecule has 1 amide bonds. The summed E-state index contributed by atoms with van der Waals surface area (Å²) in [5.41, 5.74) is 0.919. The number of amides is 1. The highest BCUT2D eigenvalue weighted by Crippen LogP contribution is 2.20. The zero-order valence-electron chi connectivity index (χ0n) is 13.8. The lowest BCUT2D eigenvalue weighted by Gasteiger charge is -2.15. The molecular weight excluding hydrogens is 328 g/mol. The summed E-state index contributed by atoms with van der Waals surface area (Å²) in [5, 5.41) is 2.74. The van der Waals surface area contributed by atoms with Gasteiger partial charge in [0.05, 0.1) is 17.6 Å². The quantitative estimate of drug-likeness (QED) is 0.865. The lowest BCUT2D eigenvalue weighted by atomic mass is 10.1. The fraction of sp³-hybridized carbons (Fsp3) is 0.235. The third-order valence-corrected chi connectivity index (χ3v) is 5.44. The number of sulfonamides is 1. The molecule has 0 aliphatic heterocycles. The summed E-state index contributed by atoms with van der Waals surface area (Å²) in [6, 6.07) is 13.5. The fourth-order valence-electron chi connectivity index (χ4n) is 2.20. The monoisotopic (exact) mass is 348 g/mol. The zero-order valence-corrected chi connectivity index (χ0v) is 14.6. The Bertz CT molecular complexity index is 832. The number of methoxy groups -OCH3 is 1. The van der Waals surface area contributed by atoms with Crippen LogP contribution in [0.1, 0.15) is 15.9 Å². The van der Waals surface area contributed by atoms with Crippen molar-refractivity contribution in [3.8, 4) is 5.75 Å². The lowest BCUT2D eigenvalue weighted by molar-refractivity contribution is 0.0947. The van der Waals surface area contributed by atoms with Crippen molar-refractivity contribution in [3.05, 3.63) is 59.7 Å². The van der Waals surface area contributed by atoms with Gasteiger partial charge in [0.1, 0.15) is 5.75 Å². The van der Waals surface area contributed by atoms with Gasteiger partial charge in [-0.3, -0.25) is 4.79 Å². The van der Waals surface area contributed by atoms with Crippen LogP contribution in [0.25, 0.3) is 0 Å². The largest absolute Gasteiger partial charge is 0.496 e. The van der Waals surface area contributed by atoms with Gasteiger partial charge in [-0.05, 0) is 23.8 Å². The molecule has 24 heavy (non-hydrogen) atoms. The van der Waals surface area contributed by atoms with Gasteiger partial charge in [-0.2, -0.15) is 0 Å². The molecule has 128 valence electrons. The normalized spacial score (nSPS) is 11.3. The molecule has 0 spiro atoms. The second kappa shape index (κ2) is 7.46. The molecule has 0 aliphatic rings. The van der Waals surface area contributed by atoms with Crippen LogP contribution in [0.3, 0.4) is 0 Å². The SMILES string of the molecule is COc1ccccc1C(=O)NCc1ccccc1S(=O)(=O)N(C)C. The van der Waals surface area contributed by atoms with E-state index < -0.39 is 10.0 Å².